The monoisotopic (exact) mass is 405 g/mol. The molecule has 0 radical (unpaired) electrons. The molecular weight excluding hydrogens is 389 g/mol. The second-order valence-corrected chi connectivity index (χ2v) is 6.51. The van der Waals surface area contributed by atoms with Crippen molar-refractivity contribution >= 4 is 5.97 Å². The first-order chi connectivity index (χ1) is 14.5. The number of aromatic carboxylic acids is 1. The third-order valence-corrected chi connectivity index (χ3v) is 4.61. The summed E-state index contributed by atoms with van der Waals surface area (Å²) in [5, 5.41) is 12.8. The van der Waals surface area contributed by atoms with Crippen LogP contribution >= 0.6 is 0 Å². The van der Waals surface area contributed by atoms with E-state index in [1.807, 2.05) is 37.3 Å². The lowest BCUT2D eigenvalue weighted by atomic mass is 9.99. The minimum atomic E-state index is -1.34. The van der Waals surface area contributed by atoms with E-state index in [0.717, 1.165) is 22.8 Å². The third-order valence-electron chi connectivity index (χ3n) is 4.61. The summed E-state index contributed by atoms with van der Waals surface area (Å²) in [6.07, 6.45) is 1.66. The molecule has 4 rings (SSSR count). The van der Waals surface area contributed by atoms with E-state index in [0.29, 0.717) is 17.0 Å². The van der Waals surface area contributed by atoms with Gasteiger partial charge < -0.3 is 14.4 Å². The Kier molecular flexibility index (Phi) is 4.97. The summed E-state index contributed by atoms with van der Waals surface area (Å²) in [6.45, 7) is 1.95. The smallest absolute Gasteiger partial charge is 0.338 e. The van der Waals surface area contributed by atoms with Crippen LogP contribution in [0.15, 0.2) is 59.3 Å². The zero-order chi connectivity index (χ0) is 21.3. The first-order valence-corrected chi connectivity index (χ1v) is 8.95. The fourth-order valence-corrected chi connectivity index (χ4v) is 3.14. The maximum atomic E-state index is 14.0. The number of rotatable bonds is 5. The molecular formula is C22H16FN3O4. The van der Waals surface area contributed by atoms with Gasteiger partial charge in [-0.05, 0) is 60.5 Å². The van der Waals surface area contributed by atoms with Crippen molar-refractivity contribution in [2.75, 3.05) is 7.11 Å². The Morgan fingerprint density at radius 3 is 2.60 bits per heavy atom. The zero-order valence-electron chi connectivity index (χ0n) is 16.1. The van der Waals surface area contributed by atoms with Crippen LogP contribution in [0.25, 0.3) is 34.0 Å². The molecule has 0 saturated carbocycles. The Hall–Kier alpha value is -4.07. The van der Waals surface area contributed by atoms with Crippen molar-refractivity contribution in [2.45, 2.75) is 6.92 Å². The van der Waals surface area contributed by atoms with Gasteiger partial charge in [0.1, 0.15) is 5.82 Å². The minimum absolute atomic E-state index is 0.163. The first-order valence-electron chi connectivity index (χ1n) is 8.95. The van der Waals surface area contributed by atoms with Crippen LogP contribution in [0.5, 0.6) is 5.88 Å². The Morgan fingerprint density at radius 2 is 1.90 bits per heavy atom. The zero-order valence-corrected chi connectivity index (χ0v) is 16.1. The van der Waals surface area contributed by atoms with Gasteiger partial charge in [0.25, 0.3) is 5.89 Å². The van der Waals surface area contributed by atoms with E-state index in [1.165, 1.54) is 12.1 Å². The molecule has 2 aromatic carbocycles. The van der Waals surface area contributed by atoms with Crippen molar-refractivity contribution in [2.24, 2.45) is 0 Å². The Balaban J connectivity index is 1.66. The number of carboxylic acids is 1. The molecule has 0 atom stereocenters. The molecule has 0 spiro atoms. The summed E-state index contributed by atoms with van der Waals surface area (Å²) in [5.41, 5.74) is 3.37. The molecule has 0 saturated heterocycles. The van der Waals surface area contributed by atoms with Crippen LogP contribution in [0.2, 0.25) is 0 Å². The Labute approximate surface area is 170 Å². The SMILES string of the molecule is COc1ncccc1-c1ccc(-c2nc(-c3ccc(C(=O)O)c(F)c3)no2)cc1C. The minimum Gasteiger partial charge on any atom is -0.481 e. The molecule has 0 aliphatic heterocycles. The van der Waals surface area contributed by atoms with Gasteiger partial charge in [0.15, 0.2) is 0 Å². The maximum Gasteiger partial charge on any atom is 0.338 e. The van der Waals surface area contributed by atoms with Crippen molar-refractivity contribution in [1.82, 2.24) is 15.1 Å². The van der Waals surface area contributed by atoms with E-state index < -0.39 is 17.3 Å². The summed E-state index contributed by atoms with van der Waals surface area (Å²) < 4.78 is 24.6. The van der Waals surface area contributed by atoms with E-state index in [2.05, 4.69) is 15.1 Å². The molecule has 0 unspecified atom stereocenters. The van der Waals surface area contributed by atoms with Crippen LogP contribution in [0.3, 0.4) is 0 Å². The quantitative estimate of drug-likeness (QED) is 0.517. The van der Waals surface area contributed by atoms with Crippen LogP contribution in [0, 0.1) is 12.7 Å². The highest BCUT2D eigenvalue weighted by Crippen LogP contribution is 2.33. The topological polar surface area (TPSA) is 98.3 Å². The highest BCUT2D eigenvalue weighted by Gasteiger charge is 2.16. The van der Waals surface area contributed by atoms with Gasteiger partial charge in [-0.25, -0.2) is 14.2 Å². The lowest BCUT2D eigenvalue weighted by Crippen LogP contribution is -2.00. The number of carbonyl (C=O) groups is 1. The van der Waals surface area contributed by atoms with E-state index in [4.69, 9.17) is 14.4 Å². The molecule has 2 heterocycles. The molecule has 2 aromatic heterocycles. The first kappa shape index (κ1) is 19.3. The van der Waals surface area contributed by atoms with Crippen molar-refractivity contribution in [3.63, 3.8) is 0 Å². The highest BCUT2D eigenvalue weighted by atomic mass is 19.1. The molecule has 30 heavy (non-hydrogen) atoms. The number of benzene rings is 2. The number of ether oxygens (including phenoxy) is 1. The molecule has 0 fully saturated rings. The second-order valence-electron chi connectivity index (χ2n) is 6.51. The number of carboxylic acid groups (broad SMARTS) is 1. The van der Waals surface area contributed by atoms with Crippen LogP contribution in [-0.2, 0) is 0 Å². The number of methoxy groups -OCH3 is 1. The van der Waals surface area contributed by atoms with Crippen molar-refractivity contribution < 1.29 is 23.6 Å². The third kappa shape index (κ3) is 3.50. The van der Waals surface area contributed by atoms with Gasteiger partial charge >= 0.3 is 5.97 Å². The normalized spacial score (nSPS) is 10.8. The summed E-state index contributed by atoms with van der Waals surface area (Å²) >= 11 is 0. The molecule has 7 nitrogen and oxygen atoms in total. The molecule has 0 aliphatic carbocycles. The molecule has 0 amide bonds. The molecule has 0 bridgehead atoms. The Bertz CT molecular complexity index is 1250. The summed E-state index contributed by atoms with van der Waals surface area (Å²) in [4.78, 5) is 19.5. The van der Waals surface area contributed by atoms with Crippen molar-refractivity contribution in [3.05, 3.63) is 71.7 Å². The fourth-order valence-electron chi connectivity index (χ4n) is 3.14. The van der Waals surface area contributed by atoms with E-state index >= 15 is 0 Å². The molecule has 150 valence electrons. The predicted molar refractivity (Wildman–Crippen MR) is 107 cm³/mol. The van der Waals surface area contributed by atoms with Crippen LogP contribution < -0.4 is 4.74 Å². The summed E-state index contributed by atoms with van der Waals surface area (Å²) in [5.74, 6) is -1.25. The number of pyridine rings is 1. The van der Waals surface area contributed by atoms with E-state index in [9.17, 15) is 9.18 Å². The van der Waals surface area contributed by atoms with Gasteiger partial charge in [0.2, 0.25) is 11.7 Å². The van der Waals surface area contributed by atoms with Gasteiger partial charge in [-0.15, -0.1) is 0 Å². The summed E-state index contributed by atoms with van der Waals surface area (Å²) in [6, 6.07) is 13.1. The average molecular weight is 405 g/mol. The van der Waals surface area contributed by atoms with Crippen molar-refractivity contribution in [1.29, 1.82) is 0 Å². The fraction of sp³-hybridized carbons (Fsp3) is 0.0909. The standard InChI is InChI=1S/C22H16FN3O4/c1-12-10-14(6-7-15(12)16-4-3-9-24-21(16)29-2)20-25-19(26-30-20)13-5-8-17(22(27)28)18(23)11-13/h3-11H,1-2H3,(H,27,28). The number of halogens is 1. The summed E-state index contributed by atoms with van der Waals surface area (Å²) in [7, 11) is 1.57. The molecule has 0 aliphatic rings. The van der Waals surface area contributed by atoms with E-state index in [-0.39, 0.29) is 11.7 Å². The van der Waals surface area contributed by atoms with Gasteiger partial charge in [0, 0.05) is 22.9 Å². The molecule has 1 N–H and O–H groups in total. The number of hydrogen-bond acceptors (Lipinski definition) is 6. The average Bonchev–Trinajstić information content (AvgIpc) is 3.23. The Morgan fingerprint density at radius 1 is 1.10 bits per heavy atom. The largest absolute Gasteiger partial charge is 0.481 e. The number of nitrogens with zero attached hydrogens (tertiary/aromatic N) is 3. The number of hydrogen-bond donors (Lipinski definition) is 1. The predicted octanol–water partition coefficient (Wildman–Crippen LogP) is 4.62. The molecule has 8 heteroatoms. The van der Waals surface area contributed by atoms with Gasteiger partial charge in [-0.1, -0.05) is 11.2 Å². The van der Waals surface area contributed by atoms with Crippen LogP contribution in [0.1, 0.15) is 15.9 Å². The maximum absolute atomic E-state index is 14.0. The lowest BCUT2D eigenvalue weighted by Gasteiger charge is -2.10. The van der Waals surface area contributed by atoms with Crippen molar-refractivity contribution in [3.8, 4) is 39.8 Å². The van der Waals surface area contributed by atoms with E-state index in [1.54, 1.807) is 13.3 Å². The second kappa shape index (κ2) is 7.75. The molecule has 4 aromatic rings. The van der Waals surface area contributed by atoms with Gasteiger partial charge in [-0.2, -0.15) is 4.98 Å². The van der Waals surface area contributed by atoms with Gasteiger partial charge in [0.05, 0.1) is 12.7 Å². The number of aromatic nitrogens is 3. The highest BCUT2D eigenvalue weighted by molar-refractivity contribution is 5.88. The lowest BCUT2D eigenvalue weighted by molar-refractivity contribution is 0.0692. The van der Waals surface area contributed by atoms with Gasteiger partial charge in [-0.3, -0.25) is 0 Å². The van der Waals surface area contributed by atoms with Crippen LogP contribution in [0.4, 0.5) is 4.39 Å². The van der Waals surface area contributed by atoms with Crippen LogP contribution in [-0.4, -0.2) is 33.3 Å². The number of aryl methyl sites for hydroxylation is 1.